The minimum atomic E-state index is 0.154. The first-order chi connectivity index (χ1) is 9.67. The Kier molecular flexibility index (Phi) is 3.56. The highest BCUT2D eigenvalue weighted by Crippen LogP contribution is 2.29. The van der Waals surface area contributed by atoms with Crippen molar-refractivity contribution in [3.8, 4) is 0 Å². The summed E-state index contributed by atoms with van der Waals surface area (Å²) in [4.78, 5) is 18.4. The summed E-state index contributed by atoms with van der Waals surface area (Å²) in [5.74, 6) is 0.522. The van der Waals surface area contributed by atoms with Crippen LogP contribution in [-0.2, 0) is 4.79 Å². The third kappa shape index (κ3) is 2.75. The Morgan fingerprint density at radius 1 is 1.55 bits per heavy atom. The molecule has 0 spiro atoms. The maximum Gasteiger partial charge on any atom is 0.257 e. The van der Waals surface area contributed by atoms with E-state index in [4.69, 9.17) is 10.2 Å². The SMILES string of the molecule is CCN(C(=O)CSc1nc2cc(N)ccc2o1)C1CC1. The van der Waals surface area contributed by atoms with Gasteiger partial charge in [-0.25, -0.2) is 4.98 Å². The second-order valence-corrected chi connectivity index (χ2v) is 5.83. The van der Waals surface area contributed by atoms with Crippen molar-refractivity contribution in [2.45, 2.75) is 31.0 Å². The van der Waals surface area contributed by atoms with Crippen molar-refractivity contribution in [3.63, 3.8) is 0 Å². The number of aromatic nitrogens is 1. The quantitative estimate of drug-likeness (QED) is 0.677. The average Bonchev–Trinajstić information content (AvgIpc) is 3.17. The standard InChI is InChI=1S/C14H17N3O2S/c1-2-17(10-4-5-10)13(18)8-20-14-16-11-7-9(15)3-6-12(11)19-14/h3,6-7,10H,2,4-5,8,15H2,1H3. The molecule has 2 N–H and O–H groups in total. The Morgan fingerprint density at radius 3 is 3.05 bits per heavy atom. The van der Waals surface area contributed by atoms with E-state index in [1.807, 2.05) is 11.8 Å². The van der Waals surface area contributed by atoms with Crippen LogP contribution in [-0.4, -0.2) is 34.1 Å². The van der Waals surface area contributed by atoms with E-state index < -0.39 is 0 Å². The highest BCUT2D eigenvalue weighted by atomic mass is 32.2. The summed E-state index contributed by atoms with van der Waals surface area (Å²) in [6.07, 6.45) is 2.26. The molecule has 1 fully saturated rings. The molecule has 1 aliphatic rings. The van der Waals surface area contributed by atoms with Crippen LogP contribution in [0.25, 0.3) is 11.1 Å². The molecule has 20 heavy (non-hydrogen) atoms. The molecule has 1 heterocycles. The van der Waals surface area contributed by atoms with Crippen LogP contribution in [0.3, 0.4) is 0 Å². The first-order valence-electron chi connectivity index (χ1n) is 6.75. The summed E-state index contributed by atoms with van der Waals surface area (Å²) in [5.41, 5.74) is 7.79. The molecule has 0 radical (unpaired) electrons. The van der Waals surface area contributed by atoms with Crippen molar-refractivity contribution in [2.75, 3.05) is 18.0 Å². The number of nitrogens with two attached hydrogens (primary N) is 1. The molecule has 1 aliphatic carbocycles. The Labute approximate surface area is 121 Å². The predicted octanol–water partition coefficient (Wildman–Crippen LogP) is 2.51. The highest BCUT2D eigenvalue weighted by Gasteiger charge is 2.31. The number of carbonyl (C=O) groups is 1. The van der Waals surface area contributed by atoms with Crippen LogP contribution in [0.1, 0.15) is 19.8 Å². The number of amides is 1. The number of carbonyl (C=O) groups excluding carboxylic acids is 1. The summed E-state index contributed by atoms with van der Waals surface area (Å²) >= 11 is 1.34. The summed E-state index contributed by atoms with van der Waals surface area (Å²) in [5, 5.41) is 0.519. The van der Waals surface area contributed by atoms with Crippen molar-refractivity contribution >= 4 is 34.5 Å². The van der Waals surface area contributed by atoms with Gasteiger partial charge in [0.1, 0.15) is 5.52 Å². The number of nitrogen functional groups attached to an aromatic ring is 1. The molecule has 1 saturated carbocycles. The van der Waals surface area contributed by atoms with E-state index in [0.29, 0.717) is 28.3 Å². The van der Waals surface area contributed by atoms with Crippen molar-refractivity contribution in [1.82, 2.24) is 9.88 Å². The van der Waals surface area contributed by atoms with Crippen LogP contribution in [0.15, 0.2) is 27.8 Å². The molecule has 0 atom stereocenters. The van der Waals surface area contributed by atoms with Gasteiger partial charge in [0.2, 0.25) is 5.91 Å². The molecular weight excluding hydrogens is 274 g/mol. The fourth-order valence-corrected chi connectivity index (χ4v) is 2.94. The zero-order valence-corrected chi connectivity index (χ0v) is 12.2. The van der Waals surface area contributed by atoms with Crippen LogP contribution < -0.4 is 5.73 Å². The second-order valence-electron chi connectivity index (χ2n) is 4.91. The molecule has 106 valence electrons. The number of nitrogens with zero attached hydrogens (tertiary/aromatic N) is 2. The number of benzene rings is 1. The maximum absolute atomic E-state index is 12.1. The zero-order valence-electron chi connectivity index (χ0n) is 11.3. The van der Waals surface area contributed by atoms with E-state index in [1.165, 1.54) is 11.8 Å². The van der Waals surface area contributed by atoms with Gasteiger partial charge >= 0.3 is 0 Å². The molecule has 1 aromatic heterocycles. The normalized spacial score (nSPS) is 14.7. The smallest absolute Gasteiger partial charge is 0.257 e. The van der Waals surface area contributed by atoms with Gasteiger partial charge in [0, 0.05) is 18.3 Å². The van der Waals surface area contributed by atoms with E-state index in [2.05, 4.69) is 4.98 Å². The molecule has 0 bridgehead atoms. The molecule has 6 heteroatoms. The third-order valence-electron chi connectivity index (χ3n) is 3.36. The van der Waals surface area contributed by atoms with Gasteiger partial charge in [-0.2, -0.15) is 0 Å². The second kappa shape index (κ2) is 5.36. The van der Waals surface area contributed by atoms with Gasteiger partial charge in [-0.15, -0.1) is 0 Å². The Morgan fingerprint density at radius 2 is 2.35 bits per heavy atom. The van der Waals surface area contributed by atoms with Gasteiger partial charge in [-0.3, -0.25) is 4.79 Å². The molecular formula is C14H17N3O2S. The molecule has 0 aliphatic heterocycles. The van der Waals surface area contributed by atoms with Crippen LogP contribution in [0.4, 0.5) is 5.69 Å². The largest absolute Gasteiger partial charge is 0.431 e. The molecule has 2 aromatic rings. The topological polar surface area (TPSA) is 72.4 Å². The van der Waals surface area contributed by atoms with Gasteiger partial charge in [-0.1, -0.05) is 11.8 Å². The number of fused-ring (bicyclic) bond motifs is 1. The average molecular weight is 291 g/mol. The monoisotopic (exact) mass is 291 g/mol. The number of hydrogen-bond donors (Lipinski definition) is 1. The Bertz CT molecular complexity index is 636. The van der Waals surface area contributed by atoms with Gasteiger partial charge in [0.15, 0.2) is 5.58 Å². The summed E-state index contributed by atoms with van der Waals surface area (Å²) in [6.45, 7) is 2.79. The summed E-state index contributed by atoms with van der Waals surface area (Å²) in [6, 6.07) is 5.80. The van der Waals surface area contributed by atoms with Crippen molar-refractivity contribution in [3.05, 3.63) is 18.2 Å². The summed E-state index contributed by atoms with van der Waals surface area (Å²) in [7, 11) is 0. The van der Waals surface area contributed by atoms with E-state index in [0.717, 1.165) is 24.9 Å². The minimum absolute atomic E-state index is 0.154. The molecule has 1 aromatic carbocycles. The Hall–Kier alpha value is -1.69. The van der Waals surface area contributed by atoms with Crippen LogP contribution >= 0.6 is 11.8 Å². The van der Waals surface area contributed by atoms with Gasteiger partial charge in [-0.05, 0) is 38.0 Å². The van der Waals surface area contributed by atoms with Crippen molar-refractivity contribution in [1.29, 1.82) is 0 Å². The van der Waals surface area contributed by atoms with E-state index in [1.54, 1.807) is 18.2 Å². The number of hydrogen-bond acceptors (Lipinski definition) is 5. The lowest BCUT2D eigenvalue weighted by molar-refractivity contribution is -0.128. The van der Waals surface area contributed by atoms with E-state index >= 15 is 0 Å². The zero-order chi connectivity index (χ0) is 14.1. The number of thioether (sulfide) groups is 1. The fourth-order valence-electron chi connectivity index (χ4n) is 2.22. The first-order valence-corrected chi connectivity index (χ1v) is 7.74. The lowest BCUT2D eigenvalue weighted by Crippen LogP contribution is -2.34. The molecule has 3 rings (SSSR count). The van der Waals surface area contributed by atoms with Crippen molar-refractivity contribution < 1.29 is 9.21 Å². The van der Waals surface area contributed by atoms with Gasteiger partial charge in [0.25, 0.3) is 5.22 Å². The van der Waals surface area contributed by atoms with Crippen molar-refractivity contribution in [2.24, 2.45) is 0 Å². The summed E-state index contributed by atoms with van der Waals surface area (Å²) < 4.78 is 5.59. The lowest BCUT2D eigenvalue weighted by Gasteiger charge is -2.19. The predicted molar refractivity (Wildman–Crippen MR) is 79.6 cm³/mol. The van der Waals surface area contributed by atoms with Crippen LogP contribution in [0.5, 0.6) is 0 Å². The number of oxazole rings is 1. The van der Waals surface area contributed by atoms with E-state index in [9.17, 15) is 4.79 Å². The Balaban J connectivity index is 1.65. The molecule has 1 amide bonds. The molecule has 0 saturated heterocycles. The van der Waals surface area contributed by atoms with Crippen LogP contribution in [0, 0.1) is 0 Å². The number of anilines is 1. The maximum atomic E-state index is 12.1. The highest BCUT2D eigenvalue weighted by molar-refractivity contribution is 7.99. The van der Waals surface area contributed by atoms with Gasteiger partial charge in [0.05, 0.1) is 5.75 Å². The molecule has 5 nitrogen and oxygen atoms in total. The lowest BCUT2D eigenvalue weighted by atomic mass is 10.3. The van der Waals surface area contributed by atoms with E-state index in [-0.39, 0.29) is 5.91 Å². The first kappa shape index (κ1) is 13.3. The minimum Gasteiger partial charge on any atom is -0.431 e. The van der Waals surface area contributed by atoms with Gasteiger partial charge < -0.3 is 15.1 Å². The molecule has 0 unspecified atom stereocenters. The number of rotatable bonds is 5. The van der Waals surface area contributed by atoms with Crippen LogP contribution in [0.2, 0.25) is 0 Å². The third-order valence-corrected chi connectivity index (χ3v) is 4.17. The fraction of sp³-hybridized carbons (Fsp3) is 0.429.